The second-order valence-electron chi connectivity index (χ2n) is 4.99. The summed E-state index contributed by atoms with van der Waals surface area (Å²) in [7, 11) is 1.75. The normalized spacial score (nSPS) is 11.2. The van der Waals surface area contributed by atoms with Gasteiger partial charge in [0.05, 0.1) is 6.61 Å². The molecule has 4 nitrogen and oxygen atoms in total. The van der Waals surface area contributed by atoms with Crippen LogP contribution in [-0.4, -0.2) is 19.6 Å². The molecular weight excluding hydrogens is 310 g/mol. The fourth-order valence-electron chi connectivity index (χ4n) is 2.15. The molecule has 0 radical (unpaired) electrons. The molecule has 0 fully saturated rings. The van der Waals surface area contributed by atoms with Gasteiger partial charge in [0, 0.05) is 25.2 Å². The molecule has 2 aromatic carbocycles. The van der Waals surface area contributed by atoms with Crippen LogP contribution in [0.1, 0.15) is 18.1 Å². The Morgan fingerprint density at radius 1 is 1.04 bits per heavy atom. The SMILES string of the molecule is CCOc1cccc(CNC(=NC)NCc2cccc(Cl)c2)c1. The highest BCUT2D eigenvalue weighted by Gasteiger charge is 2.01. The van der Waals surface area contributed by atoms with Crippen LogP contribution in [0.5, 0.6) is 5.75 Å². The van der Waals surface area contributed by atoms with Gasteiger partial charge in [-0.25, -0.2) is 0 Å². The number of ether oxygens (including phenoxy) is 1. The zero-order valence-corrected chi connectivity index (χ0v) is 14.2. The maximum atomic E-state index is 5.99. The van der Waals surface area contributed by atoms with E-state index in [1.54, 1.807) is 7.05 Å². The molecule has 0 aliphatic carbocycles. The number of rotatable bonds is 6. The van der Waals surface area contributed by atoms with E-state index >= 15 is 0 Å². The highest BCUT2D eigenvalue weighted by Crippen LogP contribution is 2.13. The summed E-state index contributed by atoms with van der Waals surface area (Å²) in [5, 5.41) is 7.30. The van der Waals surface area contributed by atoms with Crippen molar-refractivity contribution in [2.45, 2.75) is 20.0 Å². The fraction of sp³-hybridized carbons (Fsp3) is 0.278. The van der Waals surface area contributed by atoms with E-state index in [0.29, 0.717) is 19.7 Å². The molecule has 0 atom stereocenters. The van der Waals surface area contributed by atoms with Crippen LogP contribution >= 0.6 is 11.6 Å². The lowest BCUT2D eigenvalue weighted by molar-refractivity contribution is 0.340. The molecule has 0 spiro atoms. The quantitative estimate of drug-likeness (QED) is 0.628. The Morgan fingerprint density at radius 2 is 1.70 bits per heavy atom. The van der Waals surface area contributed by atoms with Gasteiger partial charge in [0.2, 0.25) is 0 Å². The first kappa shape index (κ1) is 17.2. The minimum absolute atomic E-state index is 0.666. The molecule has 23 heavy (non-hydrogen) atoms. The minimum Gasteiger partial charge on any atom is -0.494 e. The third-order valence-corrected chi connectivity index (χ3v) is 3.48. The van der Waals surface area contributed by atoms with Crippen molar-refractivity contribution in [3.63, 3.8) is 0 Å². The predicted molar refractivity (Wildman–Crippen MR) is 96.1 cm³/mol. The van der Waals surface area contributed by atoms with E-state index in [1.807, 2.05) is 49.4 Å². The van der Waals surface area contributed by atoms with Crippen LogP contribution in [0.3, 0.4) is 0 Å². The average Bonchev–Trinajstić information content (AvgIpc) is 2.56. The van der Waals surface area contributed by atoms with Crippen LogP contribution in [0.4, 0.5) is 0 Å². The van der Waals surface area contributed by atoms with Crippen molar-refractivity contribution in [1.29, 1.82) is 0 Å². The second-order valence-corrected chi connectivity index (χ2v) is 5.43. The molecule has 0 heterocycles. The summed E-state index contributed by atoms with van der Waals surface area (Å²) in [6.07, 6.45) is 0. The summed E-state index contributed by atoms with van der Waals surface area (Å²) in [6.45, 7) is 3.99. The Balaban J connectivity index is 1.86. The molecule has 0 aromatic heterocycles. The van der Waals surface area contributed by atoms with Crippen LogP contribution in [-0.2, 0) is 13.1 Å². The molecule has 0 aliphatic rings. The smallest absolute Gasteiger partial charge is 0.191 e. The summed E-state index contributed by atoms with van der Waals surface area (Å²) < 4.78 is 5.51. The number of guanidine groups is 1. The van der Waals surface area contributed by atoms with Gasteiger partial charge < -0.3 is 15.4 Å². The third-order valence-electron chi connectivity index (χ3n) is 3.24. The van der Waals surface area contributed by atoms with Gasteiger partial charge >= 0.3 is 0 Å². The number of hydrogen-bond acceptors (Lipinski definition) is 2. The average molecular weight is 332 g/mol. The van der Waals surface area contributed by atoms with Crippen molar-refractivity contribution in [2.75, 3.05) is 13.7 Å². The molecule has 0 saturated carbocycles. The molecule has 122 valence electrons. The number of nitrogens with zero attached hydrogens (tertiary/aromatic N) is 1. The van der Waals surface area contributed by atoms with Gasteiger partial charge in [-0.3, -0.25) is 4.99 Å². The Kier molecular flexibility index (Phi) is 6.76. The number of hydrogen-bond donors (Lipinski definition) is 2. The van der Waals surface area contributed by atoms with Gasteiger partial charge in [-0.15, -0.1) is 0 Å². The van der Waals surface area contributed by atoms with Crippen molar-refractivity contribution >= 4 is 17.6 Å². The predicted octanol–water partition coefficient (Wildman–Crippen LogP) is 3.60. The third kappa shape index (κ3) is 5.83. The molecule has 0 aliphatic heterocycles. The lowest BCUT2D eigenvalue weighted by Crippen LogP contribution is -2.36. The summed E-state index contributed by atoms with van der Waals surface area (Å²) in [4.78, 5) is 4.23. The number of halogens is 1. The summed E-state index contributed by atoms with van der Waals surface area (Å²) in [5.74, 6) is 1.63. The van der Waals surface area contributed by atoms with E-state index in [-0.39, 0.29) is 0 Å². The zero-order chi connectivity index (χ0) is 16.5. The van der Waals surface area contributed by atoms with Gasteiger partial charge in [0.1, 0.15) is 5.75 Å². The van der Waals surface area contributed by atoms with E-state index in [1.165, 1.54) is 0 Å². The van der Waals surface area contributed by atoms with Crippen molar-refractivity contribution in [3.8, 4) is 5.75 Å². The lowest BCUT2D eigenvalue weighted by atomic mass is 10.2. The Labute approximate surface area is 142 Å². The van der Waals surface area contributed by atoms with Crippen LogP contribution in [0, 0.1) is 0 Å². The Hall–Kier alpha value is -2.20. The first-order chi connectivity index (χ1) is 11.2. The standard InChI is InChI=1S/C18H22ClN3O/c1-3-23-17-9-5-7-15(11-17)13-22-18(20-2)21-12-14-6-4-8-16(19)10-14/h4-11H,3,12-13H2,1-2H3,(H2,20,21,22). The molecular formula is C18H22ClN3O. The Bertz CT molecular complexity index is 658. The largest absolute Gasteiger partial charge is 0.494 e. The number of nitrogens with one attached hydrogen (secondary N) is 2. The molecule has 0 saturated heterocycles. The van der Waals surface area contributed by atoms with Gasteiger partial charge in [-0.05, 0) is 42.3 Å². The molecule has 0 bridgehead atoms. The summed E-state index contributed by atoms with van der Waals surface area (Å²) >= 11 is 5.99. The summed E-state index contributed by atoms with van der Waals surface area (Å²) in [6, 6.07) is 15.8. The van der Waals surface area contributed by atoms with E-state index in [4.69, 9.17) is 16.3 Å². The zero-order valence-electron chi connectivity index (χ0n) is 13.5. The number of aliphatic imine (C=N–C) groups is 1. The second kappa shape index (κ2) is 9.06. The topological polar surface area (TPSA) is 45.6 Å². The molecule has 0 amide bonds. The fourth-order valence-corrected chi connectivity index (χ4v) is 2.36. The van der Waals surface area contributed by atoms with Crippen molar-refractivity contribution in [1.82, 2.24) is 10.6 Å². The maximum Gasteiger partial charge on any atom is 0.191 e. The van der Waals surface area contributed by atoms with Crippen LogP contribution in [0.25, 0.3) is 0 Å². The van der Waals surface area contributed by atoms with E-state index in [9.17, 15) is 0 Å². The van der Waals surface area contributed by atoms with E-state index in [2.05, 4.69) is 21.7 Å². The van der Waals surface area contributed by atoms with Crippen LogP contribution < -0.4 is 15.4 Å². The van der Waals surface area contributed by atoms with Crippen molar-refractivity contribution < 1.29 is 4.74 Å². The Morgan fingerprint density at radius 3 is 2.30 bits per heavy atom. The first-order valence-electron chi connectivity index (χ1n) is 7.62. The summed E-state index contributed by atoms with van der Waals surface area (Å²) in [5.41, 5.74) is 2.25. The van der Waals surface area contributed by atoms with Gasteiger partial charge in [-0.1, -0.05) is 35.9 Å². The minimum atomic E-state index is 0.666. The van der Waals surface area contributed by atoms with Gasteiger partial charge in [0.15, 0.2) is 5.96 Å². The first-order valence-corrected chi connectivity index (χ1v) is 7.99. The van der Waals surface area contributed by atoms with Crippen molar-refractivity contribution in [2.24, 2.45) is 4.99 Å². The van der Waals surface area contributed by atoms with E-state index < -0.39 is 0 Å². The van der Waals surface area contributed by atoms with E-state index in [0.717, 1.165) is 27.9 Å². The molecule has 2 N–H and O–H groups in total. The number of benzene rings is 2. The van der Waals surface area contributed by atoms with Crippen molar-refractivity contribution in [3.05, 3.63) is 64.7 Å². The highest BCUT2D eigenvalue weighted by atomic mass is 35.5. The lowest BCUT2D eigenvalue weighted by Gasteiger charge is -2.13. The highest BCUT2D eigenvalue weighted by molar-refractivity contribution is 6.30. The van der Waals surface area contributed by atoms with Crippen LogP contribution in [0.2, 0.25) is 5.02 Å². The maximum absolute atomic E-state index is 5.99. The molecule has 2 aromatic rings. The molecule has 5 heteroatoms. The van der Waals surface area contributed by atoms with Crippen LogP contribution in [0.15, 0.2) is 53.5 Å². The molecule has 2 rings (SSSR count). The van der Waals surface area contributed by atoms with Gasteiger partial charge in [-0.2, -0.15) is 0 Å². The monoisotopic (exact) mass is 331 g/mol. The molecule has 0 unspecified atom stereocenters. The van der Waals surface area contributed by atoms with Gasteiger partial charge in [0.25, 0.3) is 0 Å².